The van der Waals surface area contributed by atoms with Gasteiger partial charge in [0.05, 0.1) is 18.2 Å². The van der Waals surface area contributed by atoms with Crippen molar-refractivity contribution in [1.82, 2.24) is 9.55 Å². The van der Waals surface area contributed by atoms with E-state index >= 15 is 0 Å². The highest BCUT2D eigenvalue weighted by Crippen LogP contribution is 2.32. The van der Waals surface area contributed by atoms with Crippen LogP contribution >= 0.6 is 23.1 Å². The van der Waals surface area contributed by atoms with Gasteiger partial charge in [-0.05, 0) is 29.8 Å². The summed E-state index contributed by atoms with van der Waals surface area (Å²) in [7, 11) is 1.58. The predicted octanol–water partition coefficient (Wildman–Crippen LogP) is 5.29. The minimum atomic E-state index is -0.121. The molecule has 0 N–H and O–H groups in total. The number of nitrogens with zero attached hydrogens (tertiary/aromatic N) is 2. The largest absolute Gasteiger partial charge is 0.497 e. The lowest BCUT2D eigenvalue weighted by atomic mass is 10.1. The summed E-state index contributed by atoms with van der Waals surface area (Å²) in [5, 5.41) is 3.08. The lowest BCUT2D eigenvalue weighted by molar-refractivity contribution is 0.102. The Morgan fingerprint density at radius 1 is 1.19 bits per heavy atom. The second-order valence-corrected chi connectivity index (χ2v) is 8.54. The Balaban J connectivity index is 1.67. The number of carbonyl (C=O) groups excluding carboxylic acids is 1. The summed E-state index contributed by atoms with van der Waals surface area (Å²) < 4.78 is 6.72. The molecule has 4 rings (SSSR count). The van der Waals surface area contributed by atoms with E-state index in [0.29, 0.717) is 33.2 Å². The fourth-order valence-corrected chi connectivity index (χ4v) is 5.12. The van der Waals surface area contributed by atoms with Gasteiger partial charge < -0.3 is 4.74 Å². The minimum Gasteiger partial charge on any atom is -0.497 e. The van der Waals surface area contributed by atoms with Gasteiger partial charge in [0.2, 0.25) is 0 Å². The second-order valence-electron chi connectivity index (χ2n) is 6.73. The van der Waals surface area contributed by atoms with Crippen LogP contribution in [0, 0.1) is 0 Å². The first-order valence-corrected chi connectivity index (χ1v) is 11.5. The van der Waals surface area contributed by atoms with E-state index in [1.54, 1.807) is 42.0 Å². The molecule has 0 bridgehead atoms. The summed E-state index contributed by atoms with van der Waals surface area (Å²) in [6, 6.07) is 16.8. The fraction of sp³-hybridized carbons (Fsp3) is 0.125. The van der Waals surface area contributed by atoms with Gasteiger partial charge in [-0.2, -0.15) is 0 Å². The normalized spacial score (nSPS) is 10.9. The summed E-state index contributed by atoms with van der Waals surface area (Å²) in [5.74, 6) is 0.838. The number of ketones is 1. The van der Waals surface area contributed by atoms with Gasteiger partial charge in [-0.15, -0.1) is 17.9 Å². The molecule has 4 aromatic rings. The first kappa shape index (κ1) is 21.1. The number of allylic oxidation sites excluding steroid dienone is 1. The number of carbonyl (C=O) groups is 1. The number of ether oxygens (including phenoxy) is 1. The lowest BCUT2D eigenvalue weighted by Crippen LogP contribution is -2.23. The van der Waals surface area contributed by atoms with Crippen molar-refractivity contribution in [1.29, 1.82) is 0 Å². The molecule has 0 saturated heterocycles. The number of thioether (sulfide) groups is 1. The zero-order valence-corrected chi connectivity index (χ0v) is 18.5. The molecule has 0 aliphatic heterocycles. The van der Waals surface area contributed by atoms with Crippen molar-refractivity contribution in [3.05, 3.63) is 88.5 Å². The van der Waals surface area contributed by atoms with Crippen molar-refractivity contribution in [3.63, 3.8) is 0 Å². The molecule has 0 unspecified atom stereocenters. The van der Waals surface area contributed by atoms with E-state index in [2.05, 4.69) is 6.58 Å². The number of hydrogen-bond donors (Lipinski definition) is 0. The zero-order valence-electron chi connectivity index (χ0n) is 16.9. The van der Waals surface area contributed by atoms with Crippen molar-refractivity contribution in [3.8, 4) is 16.9 Å². The maximum absolute atomic E-state index is 13.3. The van der Waals surface area contributed by atoms with Crippen LogP contribution in [0.3, 0.4) is 0 Å². The van der Waals surface area contributed by atoms with Crippen molar-refractivity contribution in [2.75, 3.05) is 12.9 Å². The molecule has 2 aromatic heterocycles. The molecule has 156 valence electrons. The van der Waals surface area contributed by atoms with Gasteiger partial charge in [0.15, 0.2) is 10.9 Å². The van der Waals surface area contributed by atoms with E-state index < -0.39 is 0 Å². The summed E-state index contributed by atoms with van der Waals surface area (Å²) in [6.45, 7) is 4.10. The van der Waals surface area contributed by atoms with Gasteiger partial charge in [0, 0.05) is 23.1 Å². The van der Waals surface area contributed by atoms with Crippen molar-refractivity contribution in [2.45, 2.75) is 11.7 Å². The number of Topliss-reactive ketones (excluding diaryl/α,β-unsaturated/α-hetero) is 1. The molecule has 0 spiro atoms. The molecule has 2 heterocycles. The average molecular weight is 449 g/mol. The maximum Gasteiger partial charge on any atom is 0.263 e. The molecular formula is C24H20N2O3S2. The van der Waals surface area contributed by atoms with Crippen molar-refractivity contribution >= 4 is 39.1 Å². The Bertz CT molecular complexity index is 1290. The summed E-state index contributed by atoms with van der Waals surface area (Å²) in [4.78, 5) is 31.4. The third-order valence-electron chi connectivity index (χ3n) is 4.80. The number of rotatable bonds is 8. The molecule has 0 radical (unpaired) electrons. The van der Waals surface area contributed by atoms with Crippen LogP contribution in [0.4, 0.5) is 0 Å². The van der Waals surface area contributed by atoms with Gasteiger partial charge in [-0.25, -0.2) is 4.98 Å². The van der Waals surface area contributed by atoms with Crippen LogP contribution < -0.4 is 10.3 Å². The smallest absolute Gasteiger partial charge is 0.263 e. The molecular weight excluding hydrogens is 428 g/mol. The Labute approximate surface area is 188 Å². The van der Waals surface area contributed by atoms with E-state index in [4.69, 9.17) is 9.72 Å². The van der Waals surface area contributed by atoms with Crippen LogP contribution in [-0.4, -0.2) is 28.2 Å². The Kier molecular flexibility index (Phi) is 6.34. The van der Waals surface area contributed by atoms with E-state index in [0.717, 1.165) is 11.1 Å². The molecule has 0 fully saturated rings. The summed E-state index contributed by atoms with van der Waals surface area (Å²) in [6.07, 6.45) is 1.67. The van der Waals surface area contributed by atoms with Gasteiger partial charge in [-0.1, -0.05) is 48.2 Å². The van der Waals surface area contributed by atoms with Crippen LogP contribution in [0.2, 0.25) is 0 Å². The Morgan fingerprint density at radius 2 is 1.94 bits per heavy atom. The standard InChI is InChI=1S/C24H20N2O3S2/c1-3-13-26-23(28)21-19(16-7-5-4-6-8-16)14-30-22(21)25-24(26)31-15-20(27)17-9-11-18(29-2)12-10-17/h3-12,14H,1,13,15H2,2H3. The van der Waals surface area contributed by atoms with E-state index in [1.165, 1.54) is 23.1 Å². The van der Waals surface area contributed by atoms with E-state index in [-0.39, 0.29) is 17.1 Å². The monoisotopic (exact) mass is 448 g/mol. The minimum absolute atomic E-state index is 0.0386. The third kappa shape index (κ3) is 4.33. The molecule has 0 aliphatic rings. The first-order chi connectivity index (χ1) is 15.1. The highest BCUT2D eigenvalue weighted by atomic mass is 32.2. The molecule has 0 atom stereocenters. The lowest BCUT2D eigenvalue weighted by Gasteiger charge is -2.10. The average Bonchev–Trinajstić information content (AvgIpc) is 3.24. The molecule has 0 saturated carbocycles. The number of thiophene rings is 1. The highest BCUT2D eigenvalue weighted by Gasteiger charge is 2.18. The predicted molar refractivity (Wildman–Crippen MR) is 128 cm³/mol. The van der Waals surface area contributed by atoms with Gasteiger partial charge in [0.25, 0.3) is 5.56 Å². The summed E-state index contributed by atoms with van der Waals surface area (Å²) in [5.41, 5.74) is 2.33. The number of benzene rings is 2. The highest BCUT2D eigenvalue weighted by molar-refractivity contribution is 7.99. The molecule has 31 heavy (non-hydrogen) atoms. The first-order valence-electron chi connectivity index (χ1n) is 9.60. The summed E-state index contributed by atoms with van der Waals surface area (Å²) >= 11 is 2.70. The van der Waals surface area contributed by atoms with Gasteiger partial charge in [-0.3, -0.25) is 14.2 Å². The number of aromatic nitrogens is 2. The fourth-order valence-electron chi connectivity index (χ4n) is 3.23. The topological polar surface area (TPSA) is 61.2 Å². The molecule has 0 aliphatic carbocycles. The van der Waals surface area contributed by atoms with Gasteiger partial charge >= 0.3 is 0 Å². The third-order valence-corrected chi connectivity index (χ3v) is 6.65. The molecule has 0 amide bonds. The van der Waals surface area contributed by atoms with E-state index in [1.807, 2.05) is 35.7 Å². The number of methoxy groups -OCH3 is 1. The van der Waals surface area contributed by atoms with Crippen LogP contribution in [0.5, 0.6) is 5.75 Å². The van der Waals surface area contributed by atoms with Crippen LogP contribution in [0.25, 0.3) is 21.3 Å². The van der Waals surface area contributed by atoms with E-state index in [9.17, 15) is 9.59 Å². The van der Waals surface area contributed by atoms with Gasteiger partial charge in [0.1, 0.15) is 10.6 Å². The van der Waals surface area contributed by atoms with Crippen LogP contribution in [0.1, 0.15) is 10.4 Å². The zero-order chi connectivity index (χ0) is 21.8. The SMILES string of the molecule is C=CCn1c(SCC(=O)c2ccc(OC)cc2)nc2scc(-c3ccccc3)c2c1=O. The van der Waals surface area contributed by atoms with Crippen LogP contribution in [-0.2, 0) is 6.54 Å². The Hall–Kier alpha value is -3.16. The van der Waals surface area contributed by atoms with Crippen molar-refractivity contribution < 1.29 is 9.53 Å². The Morgan fingerprint density at radius 3 is 2.61 bits per heavy atom. The maximum atomic E-state index is 13.3. The van der Waals surface area contributed by atoms with Crippen LogP contribution in [0.15, 0.2) is 82.6 Å². The molecule has 5 nitrogen and oxygen atoms in total. The second kappa shape index (κ2) is 9.32. The number of fused-ring (bicyclic) bond motifs is 1. The molecule has 7 heteroatoms. The molecule has 2 aromatic carbocycles. The number of hydrogen-bond acceptors (Lipinski definition) is 6. The van der Waals surface area contributed by atoms with Crippen molar-refractivity contribution in [2.24, 2.45) is 0 Å². The quantitative estimate of drug-likeness (QED) is 0.159.